The molecule has 1 aromatic carbocycles. The van der Waals surface area contributed by atoms with Gasteiger partial charge in [0.05, 0.1) is 11.2 Å². The maximum absolute atomic E-state index is 6.36. The molecule has 0 saturated heterocycles. The topological polar surface area (TPSA) is 56.5 Å². The van der Waals surface area contributed by atoms with Crippen LogP contribution in [0.25, 0.3) is 10.9 Å². The van der Waals surface area contributed by atoms with E-state index in [0.717, 1.165) is 33.9 Å². The van der Waals surface area contributed by atoms with E-state index in [-0.39, 0.29) is 0 Å². The minimum Gasteiger partial charge on any atom is -0.356 e. The number of aromatic amines is 2. The van der Waals surface area contributed by atoms with Crippen LogP contribution in [-0.4, -0.2) is 15.2 Å². The number of hydrogen-bond acceptors (Lipinski definition) is 2. The van der Waals surface area contributed by atoms with Gasteiger partial charge in [-0.15, -0.1) is 0 Å². The summed E-state index contributed by atoms with van der Waals surface area (Å²) in [5, 5.41) is 12.2. The fraction of sp³-hybridized carbons (Fsp3) is 0.214. The lowest BCUT2D eigenvalue weighted by Crippen LogP contribution is -2.13. The molecule has 0 bridgehead atoms. The molecule has 98 valence electrons. The van der Waals surface area contributed by atoms with E-state index in [0.29, 0.717) is 6.54 Å². The maximum atomic E-state index is 6.36. The lowest BCUT2D eigenvalue weighted by atomic mass is 10.2. The zero-order chi connectivity index (χ0) is 13.2. The largest absolute Gasteiger partial charge is 0.356 e. The normalized spacial score (nSPS) is 11.3. The predicted octanol–water partition coefficient (Wildman–Crippen LogP) is 3.14. The number of hydrogen-bond donors (Lipinski definition) is 3. The Labute approximate surface area is 116 Å². The van der Waals surface area contributed by atoms with E-state index in [1.165, 1.54) is 5.56 Å². The minimum atomic E-state index is 0.706. The molecule has 0 aliphatic rings. The highest BCUT2D eigenvalue weighted by atomic mass is 35.5. The first kappa shape index (κ1) is 12.3. The van der Waals surface area contributed by atoms with Crippen LogP contribution >= 0.6 is 11.6 Å². The summed E-state index contributed by atoms with van der Waals surface area (Å²) in [4.78, 5) is 3.34. The van der Waals surface area contributed by atoms with Gasteiger partial charge in [0.25, 0.3) is 0 Å². The van der Waals surface area contributed by atoms with Gasteiger partial charge in [-0.3, -0.25) is 5.10 Å². The zero-order valence-corrected chi connectivity index (χ0v) is 11.4. The van der Waals surface area contributed by atoms with Crippen molar-refractivity contribution in [1.82, 2.24) is 20.5 Å². The second kappa shape index (κ2) is 5.07. The molecular weight excluding hydrogens is 260 g/mol. The first-order chi connectivity index (χ1) is 9.25. The molecule has 19 heavy (non-hydrogen) atoms. The third-order valence-corrected chi connectivity index (χ3v) is 3.70. The second-order valence-electron chi connectivity index (χ2n) is 4.59. The molecule has 2 heterocycles. The molecule has 3 N–H and O–H groups in total. The quantitative estimate of drug-likeness (QED) is 0.685. The molecule has 0 unspecified atom stereocenters. The fourth-order valence-electron chi connectivity index (χ4n) is 2.16. The Morgan fingerprint density at radius 3 is 2.84 bits per heavy atom. The Kier molecular flexibility index (Phi) is 3.27. The first-order valence-corrected chi connectivity index (χ1v) is 6.58. The van der Waals surface area contributed by atoms with E-state index in [4.69, 9.17) is 11.6 Å². The maximum Gasteiger partial charge on any atom is 0.0705 e. The molecule has 0 radical (unpaired) electrons. The number of H-pyrrole nitrogens is 2. The Morgan fingerprint density at radius 1 is 1.26 bits per heavy atom. The van der Waals surface area contributed by atoms with Crippen molar-refractivity contribution in [1.29, 1.82) is 0 Å². The highest BCUT2D eigenvalue weighted by Gasteiger charge is 2.08. The van der Waals surface area contributed by atoms with E-state index >= 15 is 0 Å². The Balaban J connectivity index is 1.72. The van der Waals surface area contributed by atoms with Crippen molar-refractivity contribution >= 4 is 22.5 Å². The van der Waals surface area contributed by atoms with Crippen LogP contribution in [0.15, 0.2) is 30.5 Å². The van der Waals surface area contributed by atoms with Gasteiger partial charge in [-0.25, -0.2) is 0 Å². The summed E-state index contributed by atoms with van der Waals surface area (Å²) in [6.45, 7) is 3.49. The van der Waals surface area contributed by atoms with Crippen LogP contribution in [0, 0.1) is 6.92 Å². The number of rotatable bonds is 4. The standard InChI is InChI=1S/C14H15ClN4/c1-9-10(7-17-19-9)6-16-8-13-14(15)11-4-2-3-5-12(11)18-13/h2-5,7,16,18H,6,8H2,1H3,(H,17,19). The SMILES string of the molecule is Cc1[nH]ncc1CNCc1[nH]c2ccccc2c1Cl. The number of aromatic nitrogens is 3. The van der Waals surface area contributed by atoms with Gasteiger partial charge in [0.1, 0.15) is 0 Å². The van der Waals surface area contributed by atoms with Gasteiger partial charge in [-0.2, -0.15) is 5.10 Å². The van der Waals surface area contributed by atoms with Crippen molar-refractivity contribution in [2.24, 2.45) is 0 Å². The van der Waals surface area contributed by atoms with Crippen LogP contribution in [0.1, 0.15) is 17.0 Å². The third-order valence-electron chi connectivity index (χ3n) is 3.27. The summed E-state index contributed by atoms with van der Waals surface area (Å²) in [6.07, 6.45) is 1.84. The molecule has 0 fully saturated rings. The van der Waals surface area contributed by atoms with E-state index in [1.54, 1.807) is 0 Å². The molecule has 0 atom stereocenters. The lowest BCUT2D eigenvalue weighted by Gasteiger charge is -2.03. The highest BCUT2D eigenvalue weighted by Crippen LogP contribution is 2.26. The second-order valence-corrected chi connectivity index (χ2v) is 4.96. The van der Waals surface area contributed by atoms with E-state index in [2.05, 4.69) is 20.5 Å². The monoisotopic (exact) mass is 274 g/mol. The number of nitrogens with one attached hydrogen (secondary N) is 3. The molecule has 2 aromatic heterocycles. The molecular formula is C14H15ClN4. The zero-order valence-electron chi connectivity index (χ0n) is 10.6. The molecule has 0 spiro atoms. The molecule has 0 aliphatic heterocycles. The molecule has 0 amide bonds. The van der Waals surface area contributed by atoms with Gasteiger partial charge in [-0.1, -0.05) is 29.8 Å². The Bertz CT molecular complexity index is 698. The number of para-hydroxylation sites is 1. The number of nitrogens with zero attached hydrogens (tertiary/aromatic N) is 1. The van der Waals surface area contributed by atoms with Crippen molar-refractivity contribution in [3.8, 4) is 0 Å². The van der Waals surface area contributed by atoms with Crippen LogP contribution in [0.2, 0.25) is 5.02 Å². The number of fused-ring (bicyclic) bond motifs is 1. The van der Waals surface area contributed by atoms with Crippen LogP contribution in [0.3, 0.4) is 0 Å². The molecule has 5 heteroatoms. The van der Waals surface area contributed by atoms with Crippen molar-refractivity contribution < 1.29 is 0 Å². The molecule has 3 rings (SSSR count). The number of halogens is 1. The van der Waals surface area contributed by atoms with Gasteiger partial charge in [-0.05, 0) is 13.0 Å². The van der Waals surface area contributed by atoms with Crippen LogP contribution in [0.4, 0.5) is 0 Å². The predicted molar refractivity (Wildman–Crippen MR) is 77.2 cm³/mol. The third kappa shape index (κ3) is 2.37. The average molecular weight is 275 g/mol. The number of benzene rings is 1. The Morgan fingerprint density at radius 2 is 2.11 bits per heavy atom. The Hall–Kier alpha value is -1.78. The van der Waals surface area contributed by atoms with Gasteiger partial charge >= 0.3 is 0 Å². The first-order valence-electron chi connectivity index (χ1n) is 6.20. The van der Waals surface area contributed by atoms with Crippen LogP contribution in [0.5, 0.6) is 0 Å². The summed E-state index contributed by atoms with van der Waals surface area (Å²) >= 11 is 6.36. The molecule has 0 saturated carbocycles. The van der Waals surface area contributed by atoms with Gasteiger partial charge in [0, 0.05) is 40.9 Å². The summed E-state index contributed by atoms with van der Waals surface area (Å²) in [6, 6.07) is 8.05. The molecule has 0 aliphatic carbocycles. The van der Waals surface area contributed by atoms with Crippen molar-refractivity contribution in [3.63, 3.8) is 0 Å². The number of aryl methyl sites for hydroxylation is 1. The van der Waals surface area contributed by atoms with Gasteiger partial charge < -0.3 is 10.3 Å². The van der Waals surface area contributed by atoms with Gasteiger partial charge in [0.15, 0.2) is 0 Å². The molecule has 4 nitrogen and oxygen atoms in total. The van der Waals surface area contributed by atoms with Crippen molar-refractivity contribution in [3.05, 3.63) is 52.4 Å². The van der Waals surface area contributed by atoms with E-state index < -0.39 is 0 Å². The average Bonchev–Trinajstić information content (AvgIpc) is 2.96. The summed E-state index contributed by atoms with van der Waals surface area (Å²) in [5.41, 5.74) is 4.36. The van der Waals surface area contributed by atoms with E-state index in [1.807, 2.05) is 37.4 Å². The smallest absolute Gasteiger partial charge is 0.0705 e. The summed E-state index contributed by atoms with van der Waals surface area (Å²) in [7, 11) is 0. The van der Waals surface area contributed by atoms with Gasteiger partial charge in [0.2, 0.25) is 0 Å². The van der Waals surface area contributed by atoms with Crippen molar-refractivity contribution in [2.75, 3.05) is 0 Å². The molecule has 3 aromatic rings. The minimum absolute atomic E-state index is 0.706. The fourth-order valence-corrected chi connectivity index (χ4v) is 2.44. The van der Waals surface area contributed by atoms with E-state index in [9.17, 15) is 0 Å². The van der Waals surface area contributed by atoms with Crippen LogP contribution in [-0.2, 0) is 13.1 Å². The summed E-state index contributed by atoms with van der Waals surface area (Å²) < 4.78 is 0. The highest BCUT2D eigenvalue weighted by molar-refractivity contribution is 6.36. The lowest BCUT2D eigenvalue weighted by molar-refractivity contribution is 0.681. The summed E-state index contributed by atoms with van der Waals surface area (Å²) in [5.74, 6) is 0. The van der Waals surface area contributed by atoms with Crippen LogP contribution < -0.4 is 5.32 Å². The van der Waals surface area contributed by atoms with Crippen molar-refractivity contribution in [2.45, 2.75) is 20.0 Å².